The zero-order valence-corrected chi connectivity index (χ0v) is 26.7. The maximum Gasteiger partial charge on any atom is 0.321 e. The van der Waals surface area contributed by atoms with Crippen molar-refractivity contribution in [3.8, 4) is 11.5 Å². The molecule has 2 saturated carbocycles. The molecule has 4 heterocycles. The molecule has 2 fully saturated rings. The van der Waals surface area contributed by atoms with E-state index in [-0.39, 0.29) is 42.5 Å². The van der Waals surface area contributed by atoms with Gasteiger partial charge >= 0.3 is 11.7 Å². The third-order valence-electron chi connectivity index (χ3n) is 10.1. The highest BCUT2D eigenvalue weighted by Gasteiger charge is 2.62. The van der Waals surface area contributed by atoms with Crippen molar-refractivity contribution in [1.82, 2.24) is 15.0 Å². The molecule has 46 heavy (non-hydrogen) atoms. The Morgan fingerprint density at radius 2 is 1.37 bits per heavy atom. The van der Waals surface area contributed by atoms with Gasteiger partial charge in [0.2, 0.25) is 12.6 Å². The molecule has 234 valence electrons. The molecule has 4 aliphatic rings. The average Bonchev–Trinajstić information content (AvgIpc) is 3.99. The van der Waals surface area contributed by atoms with Gasteiger partial charge in [-0.25, -0.2) is 14.8 Å². The van der Waals surface area contributed by atoms with E-state index in [0.29, 0.717) is 5.82 Å². The fourth-order valence-corrected chi connectivity index (χ4v) is 7.31. The largest absolute Gasteiger partial charge is 0.497 e. The summed E-state index contributed by atoms with van der Waals surface area (Å²) < 4.78 is 13.8. The maximum atomic E-state index is 13.9. The minimum absolute atomic E-state index is 0.0377. The fraction of sp³-hybridized carbons (Fsp3) is 0.389. The standard InChI is InChI=1S/C36H37N6O4/c1-35(2)29-31(39-13-12-37-29)41(33(35)43)27-18-25(27)22-9-7-11-24(17-22)46-20-40-15-14-38-30-32(40)42(34(44)36(30,3)4)28-19-26(28)21-8-6-10-23(16-21)45-5/h6-17,25-28H,18-20H2,1-5H3/q+1. The summed E-state index contributed by atoms with van der Waals surface area (Å²) in [4.78, 5) is 44.8. The Morgan fingerprint density at radius 3 is 2.09 bits per heavy atom. The number of hydrogen-bond acceptors (Lipinski definition) is 7. The first kappa shape index (κ1) is 28.6. The van der Waals surface area contributed by atoms with Crippen molar-refractivity contribution in [3.63, 3.8) is 0 Å². The molecule has 0 N–H and O–H groups in total. The molecule has 0 bridgehead atoms. The van der Waals surface area contributed by atoms with Crippen LogP contribution in [0.25, 0.3) is 0 Å². The lowest BCUT2D eigenvalue weighted by Crippen LogP contribution is -2.46. The lowest BCUT2D eigenvalue weighted by Gasteiger charge is -2.19. The highest BCUT2D eigenvalue weighted by molar-refractivity contribution is 6.07. The highest BCUT2D eigenvalue weighted by Crippen LogP contribution is 2.53. The Kier molecular flexibility index (Phi) is 6.26. The van der Waals surface area contributed by atoms with Gasteiger partial charge in [0.05, 0.1) is 24.4 Å². The number of amides is 2. The second-order valence-electron chi connectivity index (χ2n) is 13.8. The molecule has 0 spiro atoms. The molecule has 4 aromatic rings. The molecule has 2 aliphatic heterocycles. The quantitative estimate of drug-likeness (QED) is 0.267. The topological polar surface area (TPSA) is 102 Å². The number of methoxy groups -OCH3 is 1. The number of hydrogen-bond donors (Lipinski definition) is 0. The number of fused-ring (bicyclic) bond motifs is 2. The number of nitrogens with zero attached hydrogens (tertiary/aromatic N) is 6. The van der Waals surface area contributed by atoms with Crippen molar-refractivity contribution in [2.75, 3.05) is 16.9 Å². The molecule has 8 rings (SSSR count). The lowest BCUT2D eigenvalue weighted by molar-refractivity contribution is -0.713. The van der Waals surface area contributed by atoms with Crippen LogP contribution in [0.15, 0.2) is 73.3 Å². The smallest absolute Gasteiger partial charge is 0.321 e. The molecule has 0 radical (unpaired) electrons. The van der Waals surface area contributed by atoms with Crippen LogP contribution in [0.1, 0.15) is 74.9 Å². The molecular weight excluding hydrogens is 580 g/mol. The van der Waals surface area contributed by atoms with Crippen LogP contribution in [-0.4, -0.2) is 46.0 Å². The van der Waals surface area contributed by atoms with E-state index in [1.54, 1.807) is 25.7 Å². The molecule has 2 amide bonds. The van der Waals surface area contributed by atoms with E-state index in [9.17, 15) is 9.59 Å². The normalized spacial score (nSPS) is 24.9. The first-order valence-electron chi connectivity index (χ1n) is 15.9. The highest BCUT2D eigenvalue weighted by atomic mass is 16.5. The van der Waals surface area contributed by atoms with Crippen LogP contribution < -0.4 is 23.8 Å². The van der Waals surface area contributed by atoms with Gasteiger partial charge in [0.15, 0.2) is 5.82 Å². The van der Waals surface area contributed by atoms with E-state index in [4.69, 9.17) is 9.47 Å². The molecule has 10 heteroatoms. The molecule has 4 unspecified atom stereocenters. The van der Waals surface area contributed by atoms with Gasteiger partial charge in [0.25, 0.3) is 0 Å². The lowest BCUT2D eigenvalue weighted by atomic mass is 9.91. The second-order valence-corrected chi connectivity index (χ2v) is 13.8. The van der Waals surface area contributed by atoms with Gasteiger partial charge < -0.3 is 9.47 Å². The van der Waals surface area contributed by atoms with Crippen LogP contribution in [0.2, 0.25) is 0 Å². The van der Waals surface area contributed by atoms with E-state index in [0.717, 1.165) is 47.1 Å². The zero-order chi connectivity index (χ0) is 32.0. The minimum atomic E-state index is -0.745. The zero-order valence-electron chi connectivity index (χ0n) is 26.7. The molecule has 4 atom stereocenters. The number of aromatic nitrogens is 4. The van der Waals surface area contributed by atoms with Crippen molar-refractivity contribution in [1.29, 1.82) is 0 Å². The van der Waals surface area contributed by atoms with Crippen molar-refractivity contribution < 1.29 is 23.6 Å². The summed E-state index contributed by atoms with van der Waals surface area (Å²) in [5.41, 5.74) is 2.35. The summed E-state index contributed by atoms with van der Waals surface area (Å²) in [6.07, 6.45) is 8.66. The molecule has 2 aromatic heterocycles. The Balaban J connectivity index is 1.02. The summed E-state index contributed by atoms with van der Waals surface area (Å²) in [6, 6.07) is 16.3. The number of anilines is 2. The van der Waals surface area contributed by atoms with Gasteiger partial charge in [-0.05, 0) is 75.9 Å². The number of carbonyl (C=O) groups is 2. The van der Waals surface area contributed by atoms with Crippen molar-refractivity contribution in [2.24, 2.45) is 0 Å². The summed E-state index contributed by atoms with van der Waals surface area (Å²) in [7, 11) is 1.67. The summed E-state index contributed by atoms with van der Waals surface area (Å²) >= 11 is 0. The fourth-order valence-electron chi connectivity index (χ4n) is 7.31. The Morgan fingerprint density at radius 1 is 0.783 bits per heavy atom. The van der Waals surface area contributed by atoms with Crippen LogP contribution in [0.4, 0.5) is 11.6 Å². The predicted octanol–water partition coefficient (Wildman–Crippen LogP) is 4.56. The van der Waals surface area contributed by atoms with Crippen LogP contribution in [0.5, 0.6) is 11.5 Å². The summed E-state index contributed by atoms with van der Waals surface area (Å²) in [5.74, 6) is 3.52. The minimum Gasteiger partial charge on any atom is -0.497 e. The number of benzene rings is 2. The molecule has 0 saturated heterocycles. The van der Waals surface area contributed by atoms with E-state index < -0.39 is 10.8 Å². The Bertz CT molecular complexity index is 1910. The Hall–Kier alpha value is -4.86. The molecule has 10 nitrogen and oxygen atoms in total. The van der Waals surface area contributed by atoms with Crippen LogP contribution in [0.3, 0.4) is 0 Å². The number of ether oxygens (including phenoxy) is 2. The molecule has 2 aliphatic carbocycles. The summed E-state index contributed by atoms with van der Waals surface area (Å²) in [6.45, 7) is 7.95. The van der Waals surface area contributed by atoms with Gasteiger partial charge in [0, 0.05) is 30.3 Å². The summed E-state index contributed by atoms with van der Waals surface area (Å²) in [5, 5.41) is 0. The predicted molar refractivity (Wildman–Crippen MR) is 170 cm³/mol. The Labute approximate surface area is 268 Å². The number of rotatable bonds is 8. The maximum absolute atomic E-state index is 13.9. The van der Waals surface area contributed by atoms with E-state index in [1.165, 1.54) is 5.56 Å². The van der Waals surface area contributed by atoms with Crippen molar-refractivity contribution in [3.05, 3.63) is 95.8 Å². The van der Waals surface area contributed by atoms with Crippen molar-refractivity contribution >= 4 is 23.5 Å². The molecule has 2 aromatic carbocycles. The SMILES string of the molecule is COc1cccc(C2CC2N2C(=O)C(C)(C)c3ncc[n+](COc4cccc(C5CC5N5C(=O)C(C)(C)c6nccnc65)c4)c32)c1. The third kappa shape index (κ3) is 4.29. The van der Waals surface area contributed by atoms with Gasteiger partial charge in [-0.1, -0.05) is 24.3 Å². The van der Waals surface area contributed by atoms with Crippen LogP contribution in [-0.2, 0) is 27.1 Å². The monoisotopic (exact) mass is 617 g/mol. The third-order valence-corrected chi connectivity index (χ3v) is 10.1. The van der Waals surface area contributed by atoms with E-state index >= 15 is 0 Å². The van der Waals surface area contributed by atoms with E-state index in [2.05, 4.69) is 39.2 Å². The van der Waals surface area contributed by atoms with Gasteiger partial charge in [-0.2, -0.15) is 9.47 Å². The van der Waals surface area contributed by atoms with Crippen LogP contribution in [0, 0.1) is 0 Å². The average molecular weight is 618 g/mol. The number of carbonyl (C=O) groups excluding carboxylic acids is 2. The van der Waals surface area contributed by atoms with Gasteiger partial charge in [-0.3, -0.25) is 14.7 Å². The van der Waals surface area contributed by atoms with Gasteiger partial charge in [0.1, 0.15) is 34.8 Å². The first-order chi connectivity index (χ1) is 22.1. The van der Waals surface area contributed by atoms with Crippen molar-refractivity contribution in [2.45, 2.75) is 82.0 Å². The molecular formula is C36H37N6O4+. The van der Waals surface area contributed by atoms with Crippen LogP contribution >= 0.6 is 0 Å². The van der Waals surface area contributed by atoms with Gasteiger partial charge in [-0.15, -0.1) is 0 Å². The van der Waals surface area contributed by atoms with E-state index in [1.807, 2.05) is 72.5 Å². The second kappa shape index (κ2) is 10.1. The first-order valence-corrected chi connectivity index (χ1v) is 15.9.